The van der Waals surface area contributed by atoms with Gasteiger partial charge < -0.3 is 20.3 Å². The summed E-state index contributed by atoms with van der Waals surface area (Å²) in [6, 6.07) is 16.0. The van der Waals surface area contributed by atoms with E-state index >= 15 is 0 Å². The monoisotopic (exact) mass is 618 g/mol. The Morgan fingerprint density at radius 2 is 1.89 bits per heavy atom. The molecule has 0 atom stereocenters. The number of nitrogens with zero attached hydrogens (tertiary/aromatic N) is 8. The van der Waals surface area contributed by atoms with Crippen LogP contribution < -0.4 is 20.4 Å². The van der Waals surface area contributed by atoms with Gasteiger partial charge in [-0.2, -0.15) is 15.3 Å². The van der Waals surface area contributed by atoms with E-state index in [2.05, 4.69) is 31.7 Å². The Labute approximate surface area is 268 Å². The van der Waals surface area contributed by atoms with Gasteiger partial charge in [-0.25, -0.2) is 14.8 Å². The zero-order valence-electron chi connectivity index (χ0n) is 26.0. The van der Waals surface area contributed by atoms with E-state index < -0.39 is 0 Å². The lowest BCUT2D eigenvalue weighted by Gasteiger charge is -2.37. The molecule has 2 saturated heterocycles. The molecule has 0 unspecified atom stereocenters. The van der Waals surface area contributed by atoms with Crippen LogP contribution in [0.1, 0.15) is 43.2 Å². The fourth-order valence-electron chi connectivity index (χ4n) is 6.75. The Bertz CT molecular complexity index is 1710. The number of carbonyl (C=O) groups excluding carboxylic acids is 1. The van der Waals surface area contributed by atoms with Crippen LogP contribution >= 0.6 is 0 Å². The standard InChI is InChI=1S/C34H38N10O2/c1-42-20-27(19-39-42)25-7-12-30(36-17-25)44(33(45)38-16-24-5-3-2-4-6-24)29-10-8-28(9-11-29)40-32-37-18-26(15-35)31(41-32)43-14-13-34(21-43)22-46-23-34/h2-7,12,17-20,28-29H,8-11,13-14,16,21-23H2,1H3,(H,38,45)(H,37,40,41)/t28-,29+. The van der Waals surface area contributed by atoms with Gasteiger partial charge in [0.25, 0.3) is 0 Å². The number of carbonyl (C=O) groups is 1. The Morgan fingerprint density at radius 3 is 2.54 bits per heavy atom. The first-order valence-electron chi connectivity index (χ1n) is 15.9. The first-order valence-corrected chi connectivity index (χ1v) is 15.9. The van der Waals surface area contributed by atoms with E-state index in [9.17, 15) is 10.1 Å². The molecule has 0 bridgehead atoms. The van der Waals surface area contributed by atoms with E-state index in [1.165, 1.54) is 0 Å². The fraction of sp³-hybridized carbons (Fsp3) is 0.412. The number of anilines is 3. The predicted octanol–water partition coefficient (Wildman–Crippen LogP) is 4.51. The summed E-state index contributed by atoms with van der Waals surface area (Å²) in [5.74, 6) is 1.85. The topological polar surface area (TPSA) is 137 Å². The molecule has 2 amide bonds. The third-order valence-corrected chi connectivity index (χ3v) is 9.38. The molecule has 1 aromatic carbocycles. The zero-order chi connectivity index (χ0) is 31.5. The van der Waals surface area contributed by atoms with Crippen LogP contribution in [0.5, 0.6) is 0 Å². The molecule has 236 valence electrons. The van der Waals surface area contributed by atoms with Gasteiger partial charge in [-0.15, -0.1) is 0 Å². The molecule has 0 radical (unpaired) electrons. The van der Waals surface area contributed by atoms with Crippen molar-refractivity contribution in [2.24, 2.45) is 12.5 Å². The van der Waals surface area contributed by atoms with Crippen molar-refractivity contribution in [1.82, 2.24) is 30.0 Å². The van der Waals surface area contributed by atoms with Crippen molar-refractivity contribution in [1.29, 1.82) is 5.26 Å². The first-order chi connectivity index (χ1) is 22.5. The lowest BCUT2D eigenvalue weighted by molar-refractivity contribution is -0.0985. The molecular formula is C34H38N10O2. The number of urea groups is 1. The predicted molar refractivity (Wildman–Crippen MR) is 174 cm³/mol. The molecule has 12 heteroatoms. The van der Waals surface area contributed by atoms with E-state index in [-0.39, 0.29) is 23.5 Å². The number of hydrogen-bond acceptors (Lipinski definition) is 9. The Kier molecular flexibility index (Phi) is 8.24. The highest BCUT2D eigenvalue weighted by molar-refractivity contribution is 5.91. The van der Waals surface area contributed by atoms with Crippen LogP contribution in [0.15, 0.2) is 67.3 Å². The molecular weight excluding hydrogens is 580 g/mol. The maximum atomic E-state index is 13.7. The van der Waals surface area contributed by atoms with Gasteiger partial charge in [0.1, 0.15) is 17.5 Å². The van der Waals surface area contributed by atoms with E-state index in [4.69, 9.17) is 14.7 Å². The minimum atomic E-state index is -0.165. The molecule has 1 saturated carbocycles. The average molecular weight is 619 g/mol. The van der Waals surface area contributed by atoms with Gasteiger partial charge in [-0.05, 0) is 49.8 Å². The van der Waals surface area contributed by atoms with E-state index in [1.54, 1.807) is 23.3 Å². The Morgan fingerprint density at radius 1 is 1.07 bits per heavy atom. The van der Waals surface area contributed by atoms with Gasteiger partial charge >= 0.3 is 6.03 Å². The molecule has 3 fully saturated rings. The second-order valence-electron chi connectivity index (χ2n) is 12.7. The van der Waals surface area contributed by atoms with Crippen molar-refractivity contribution in [3.63, 3.8) is 0 Å². The number of benzene rings is 1. The molecule has 1 aliphatic carbocycles. The first kappa shape index (κ1) is 29.7. The second kappa shape index (κ2) is 12.8. The molecule has 5 heterocycles. The molecule has 2 aliphatic heterocycles. The van der Waals surface area contributed by atoms with Crippen LogP contribution in [-0.4, -0.2) is 69.2 Å². The SMILES string of the molecule is Cn1cc(-c2ccc(N(C(=O)NCc3ccccc3)[C@H]3CC[C@@H](Nc4ncc(C#N)c(N5CCC6(COC6)C5)n4)CC3)nc2)cn1. The third-order valence-electron chi connectivity index (χ3n) is 9.38. The average Bonchev–Trinajstić information content (AvgIpc) is 3.73. The van der Waals surface area contributed by atoms with Crippen molar-refractivity contribution in [2.45, 2.75) is 50.7 Å². The molecule has 2 N–H and O–H groups in total. The summed E-state index contributed by atoms with van der Waals surface area (Å²) in [4.78, 5) is 31.8. The van der Waals surface area contributed by atoms with Crippen molar-refractivity contribution < 1.29 is 9.53 Å². The Hall–Kier alpha value is -5.02. The summed E-state index contributed by atoms with van der Waals surface area (Å²) < 4.78 is 7.24. The van der Waals surface area contributed by atoms with Gasteiger partial charge in [0.15, 0.2) is 5.82 Å². The summed E-state index contributed by atoms with van der Waals surface area (Å²) >= 11 is 0. The van der Waals surface area contributed by atoms with E-state index in [0.717, 1.165) is 75.1 Å². The minimum Gasteiger partial charge on any atom is -0.380 e. The maximum Gasteiger partial charge on any atom is 0.323 e. The highest BCUT2D eigenvalue weighted by Crippen LogP contribution is 2.40. The normalized spacial score (nSPS) is 20.1. The quantitative estimate of drug-likeness (QED) is 0.292. The number of hydrogen-bond donors (Lipinski definition) is 2. The second-order valence-corrected chi connectivity index (χ2v) is 12.7. The van der Waals surface area contributed by atoms with Gasteiger partial charge in [0, 0.05) is 67.7 Å². The summed E-state index contributed by atoms with van der Waals surface area (Å²) in [7, 11) is 1.88. The fourth-order valence-corrected chi connectivity index (χ4v) is 6.75. The minimum absolute atomic E-state index is 0.0199. The van der Waals surface area contributed by atoms with Crippen LogP contribution in [0.2, 0.25) is 0 Å². The number of ether oxygens (including phenoxy) is 1. The molecule has 4 aromatic rings. The van der Waals surface area contributed by atoms with Crippen molar-refractivity contribution in [2.75, 3.05) is 41.4 Å². The number of aromatic nitrogens is 5. The highest BCUT2D eigenvalue weighted by atomic mass is 16.5. The smallest absolute Gasteiger partial charge is 0.323 e. The van der Waals surface area contributed by atoms with Crippen LogP contribution in [0, 0.1) is 16.7 Å². The summed E-state index contributed by atoms with van der Waals surface area (Å²) in [6.45, 7) is 3.69. The number of nitriles is 1. The highest BCUT2D eigenvalue weighted by Gasteiger charge is 2.45. The number of amides is 2. The number of aryl methyl sites for hydroxylation is 1. The molecule has 12 nitrogen and oxygen atoms in total. The Balaban J connectivity index is 1.04. The molecule has 3 aliphatic rings. The van der Waals surface area contributed by atoms with Gasteiger partial charge in [-0.3, -0.25) is 9.58 Å². The third kappa shape index (κ3) is 6.23. The van der Waals surface area contributed by atoms with Gasteiger partial charge in [0.2, 0.25) is 5.95 Å². The zero-order valence-corrected chi connectivity index (χ0v) is 26.0. The lowest BCUT2D eigenvalue weighted by atomic mass is 9.85. The maximum absolute atomic E-state index is 13.7. The van der Waals surface area contributed by atoms with Crippen LogP contribution in [0.25, 0.3) is 11.1 Å². The van der Waals surface area contributed by atoms with Crippen LogP contribution in [0.4, 0.5) is 22.4 Å². The van der Waals surface area contributed by atoms with Crippen molar-refractivity contribution in [3.05, 3.63) is 78.4 Å². The summed E-state index contributed by atoms with van der Waals surface area (Å²) in [5, 5.41) is 20.6. The van der Waals surface area contributed by atoms with E-state index in [1.807, 2.05) is 60.6 Å². The van der Waals surface area contributed by atoms with Gasteiger partial charge in [-0.1, -0.05) is 30.3 Å². The van der Waals surface area contributed by atoms with Crippen LogP contribution in [0.3, 0.4) is 0 Å². The molecule has 3 aromatic heterocycles. The number of rotatable bonds is 8. The molecule has 7 rings (SSSR count). The number of pyridine rings is 1. The van der Waals surface area contributed by atoms with Crippen molar-refractivity contribution in [3.8, 4) is 17.2 Å². The molecule has 46 heavy (non-hydrogen) atoms. The number of nitrogens with one attached hydrogen (secondary N) is 2. The largest absolute Gasteiger partial charge is 0.380 e. The summed E-state index contributed by atoms with van der Waals surface area (Å²) in [5.41, 5.74) is 3.64. The van der Waals surface area contributed by atoms with Crippen LogP contribution in [-0.2, 0) is 18.3 Å². The van der Waals surface area contributed by atoms with E-state index in [0.29, 0.717) is 29.7 Å². The van der Waals surface area contributed by atoms with Gasteiger partial charge in [0.05, 0.1) is 25.6 Å². The molecule has 1 spiro atoms. The summed E-state index contributed by atoms with van der Waals surface area (Å²) in [6.07, 6.45) is 11.5. The van der Waals surface area contributed by atoms with Crippen molar-refractivity contribution >= 4 is 23.6 Å². The lowest BCUT2D eigenvalue weighted by Crippen LogP contribution is -2.49.